The lowest BCUT2D eigenvalue weighted by atomic mass is 9.75. The highest BCUT2D eigenvalue weighted by atomic mass is 16.4. The summed E-state index contributed by atoms with van der Waals surface area (Å²) in [5.74, 6) is 0.0444. The second-order valence-electron chi connectivity index (χ2n) is 5.85. The summed E-state index contributed by atoms with van der Waals surface area (Å²) in [6.45, 7) is 0. The van der Waals surface area contributed by atoms with Crippen molar-refractivity contribution in [2.24, 2.45) is 0 Å². The first-order chi connectivity index (χ1) is 8.72. The molecule has 1 aromatic rings. The lowest BCUT2D eigenvalue weighted by Gasteiger charge is -2.29. The van der Waals surface area contributed by atoms with Crippen LogP contribution in [-0.2, 0) is 10.2 Å². The quantitative estimate of drug-likeness (QED) is 0.876. The van der Waals surface area contributed by atoms with Gasteiger partial charge in [0.05, 0.1) is 5.41 Å². The monoisotopic (exact) mass is 244 g/mol. The van der Waals surface area contributed by atoms with Gasteiger partial charge in [0.25, 0.3) is 0 Å². The highest BCUT2D eigenvalue weighted by Gasteiger charge is 2.43. The number of aliphatic carboxylic acids is 1. The Hall–Kier alpha value is -1.31. The Bertz CT molecular complexity index is 454. The molecule has 1 aromatic carbocycles. The molecule has 0 heterocycles. The molecule has 2 saturated carbocycles. The summed E-state index contributed by atoms with van der Waals surface area (Å²) in [4.78, 5) is 11.7. The van der Waals surface area contributed by atoms with Crippen molar-refractivity contribution in [1.82, 2.24) is 0 Å². The fraction of sp³-hybridized carbons (Fsp3) is 0.562. The van der Waals surface area contributed by atoms with Gasteiger partial charge in [-0.1, -0.05) is 43.5 Å². The van der Waals surface area contributed by atoms with Crippen molar-refractivity contribution in [2.45, 2.75) is 56.3 Å². The lowest BCUT2D eigenvalue weighted by molar-refractivity contribution is -0.143. The van der Waals surface area contributed by atoms with Gasteiger partial charge in [-0.15, -0.1) is 0 Å². The van der Waals surface area contributed by atoms with E-state index in [0.29, 0.717) is 5.92 Å². The van der Waals surface area contributed by atoms with Crippen molar-refractivity contribution in [3.63, 3.8) is 0 Å². The highest BCUT2D eigenvalue weighted by molar-refractivity contribution is 5.81. The Morgan fingerprint density at radius 3 is 2.44 bits per heavy atom. The zero-order valence-electron chi connectivity index (χ0n) is 10.7. The molecule has 0 saturated heterocycles. The SMILES string of the molecule is O=C(O)C1(c2cccc(C3CCC3)c2)CCCC1. The minimum Gasteiger partial charge on any atom is -0.481 e. The topological polar surface area (TPSA) is 37.3 Å². The predicted octanol–water partition coefficient (Wildman–Crippen LogP) is 3.85. The van der Waals surface area contributed by atoms with Crippen LogP contribution in [0.4, 0.5) is 0 Å². The number of rotatable bonds is 3. The van der Waals surface area contributed by atoms with Crippen LogP contribution in [0.2, 0.25) is 0 Å². The molecule has 0 aliphatic heterocycles. The molecule has 0 aromatic heterocycles. The van der Waals surface area contributed by atoms with Crippen LogP contribution >= 0.6 is 0 Å². The highest BCUT2D eigenvalue weighted by Crippen LogP contribution is 2.43. The number of hydrogen-bond acceptors (Lipinski definition) is 1. The summed E-state index contributed by atoms with van der Waals surface area (Å²) in [6, 6.07) is 8.40. The second-order valence-corrected chi connectivity index (χ2v) is 5.85. The fourth-order valence-corrected chi connectivity index (χ4v) is 3.44. The van der Waals surface area contributed by atoms with Crippen LogP contribution in [0.25, 0.3) is 0 Å². The van der Waals surface area contributed by atoms with Crippen molar-refractivity contribution in [3.8, 4) is 0 Å². The van der Waals surface area contributed by atoms with Crippen molar-refractivity contribution < 1.29 is 9.90 Å². The van der Waals surface area contributed by atoms with E-state index in [1.807, 2.05) is 12.1 Å². The standard InChI is InChI=1S/C16H20O2/c17-15(18)16(9-1-2-10-16)14-8-4-7-13(11-14)12-5-3-6-12/h4,7-8,11-12H,1-3,5-6,9-10H2,(H,17,18). The van der Waals surface area contributed by atoms with Gasteiger partial charge in [-0.2, -0.15) is 0 Å². The molecule has 2 heteroatoms. The van der Waals surface area contributed by atoms with E-state index in [4.69, 9.17) is 0 Å². The van der Waals surface area contributed by atoms with E-state index in [9.17, 15) is 9.90 Å². The van der Waals surface area contributed by atoms with Gasteiger partial charge < -0.3 is 5.11 Å². The molecule has 2 fully saturated rings. The molecule has 0 amide bonds. The molecule has 96 valence electrons. The maximum atomic E-state index is 11.7. The Kier molecular flexibility index (Phi) is 2.89. The zero-order valence-corrected chi connectivity index (χ0v) is 10.7. The average molecular weight is 244 g/mol. The van der Waals surface area contributed by atoms with Crippen molar-refractivity contribution in [2.75, 3.05) is 0 Å². The van der Waals surface area contributed by atoms with E-state index in [0.717, 1.165) is 31.2 Å². The van der Waals surface area contributed by atoms with E-state index < -0.39 is 11.4 Å². The average Bonchev–Trinajstić information content (AvgIpc) is 2.77. The van der Waals surface area contributed by atoms with Crippen LogP contribution in [0.3, 0.4) is 0 Å². The van der Waals surface area contributed by atoms with Crippen LogP contribution in [0, 0.1) is 0 Å². The largest absolute Gasteiger partial charge is 0.481 e. The smallest absolute Gasteiger partial charge is 0.314 e. The minimum absolute atomic E-state index is 0.597. The number of benzene rings is 1. The van der Waals surface area contributed by atoms with Gasteiger partial charge >= 0.3 is 5.97 Å². The molecule has 18 heavy (non-hydrogen) atoms. The van der Waals surface area contributed by atoms with Gasteiger partial charge in [-0.05, 0) is 42.7 Å². The van der Waals surface area contributed by atoms with Crippen LogP contribution < -0.4 is 0 Å². The normalized spacial score (nSPS) is 22.7. The molecular weight excluding hydrogens is 224 g/mol. The molecule has 0 atom stereocenters. The molecule has 3 rings (SSSR count). The summed E-state index contributed by atoms with van der Waals surface area (Å²) >= 11 is 0. The second kappa shape index (κ2) is 4.42. The number of carbonyl (C=O) groups is 1. The first kappa shape index (κ1) is 11.8. The fourth-order valence-electron chi connectivity index (χ4n) is 3.44. The van der Waals surface area contributed by atoms with Crippen LogP contribution in [0.1, 0.15) is 62.0 Å². The molecule has 2 aliphatic rings. The van der Waals surface area contributed by atoms with Gasteiger partial charge in [-0.25, -0.2) is 0 Å². The molecule has 0 radical (unpaired) electrons. The Labute approximate surface area is 108 Å². The summed E-state index contributed by atoms with van der Waals surface area (Å²) in [5, 5.41) is 9.62. The number of carboxylic acids is 1. The Morgan fingerprint density at radius 1 is 1.17 bits per heavy atom. The summed E-state index contributed by atoms with van der Waals surface area (Å²) < 4.78 is 0. The van der Waals surface area contributed by atoms with Gasteiger partial charge in [0, 0.05) is 0 Å². The molecule has 0 spiro atoms. The van der Waals surface area contributed by atoms with Crippen molar-refractivity contribution in [3.05, 3.63) is 35.4 Å². The first-order valence-electron chi connectivity index (χ1n) is 7.06. The van der Waals surface area contributed by atoms with Gasteiger partial charge in [-0.3, -0.25) is 4.79 Å². The van der Waals surface area contributed by atoms with E-state index in [-0.39, 0.29) is 0 Å². The third kappa shape index (κ3) is 1.75. The van der Waals surface area contributed by atoms with E-state index >= 15 is 0 Å². The summed E-state index contributed by atoms with van der Waals surface area (Å²) in [7, 11) is 0. The van der Waals surface area contributed by atoms with Crippen molar-refractivity contribution in [1.29, 1.82) is 0 Å². The Morgan fingerprint density at radius 2 is 1.89 bits per heavy atom. The maximum absolute atomic E-state index is 11.7. The predicted molar refractivity (Wildman–Crippen MR) is 70.8 cm³/mol. The lowest BCUT2D eigenvalue weighted by Crippen LogP contribution is -2.32. The van der Waals surface area contributed by atoms with Crippen LogP contribution in [-0.4, -0.2) is 11.1 Å². The molecule has 2 aliphatic carbocycles. The maximum Gasteiger partial charge on any atom is 0.314 e. The third-order valence-electron chi connectivity index (χ3n) is 4.88. The van der Waals surface area contributed by atoms with E-state index in [2.05, 4.69) is 12.1 Å². The number of carboxylic acid groups (broad SMARTS) is 1. The summed E-state index contributed by atoms with van der Waals surface area (Å²) in [5.41, 5.74) is 1.79. The molecule has 1 N–H and O–H groups in total. The minimum atomic E-state index is -0.634. The number of hydrogen-bond donors (Lipinski definition) is 1. The zero-order chi connectivity index (χ0) is 12.6. The van der Waals surface area contributed by atoms with Crippen LogP contribution in [0.5, 0.6) is 0 Å². The molecular formula is C16H20O2. The van der Waals surface area contributed by atoms with Gasteiger partial charge in [0.2, 0.25) is 0 Å². The van der Waals surface area contributed by atoms with Crippen LogP contribution in [0.15, 0.2) is 24.3 Å². The molecule has 0 unspecified atom stereocenters. The van der Waals surface area contributed by atoms with E-state index in [1.54, 1.807) is 0 Å². The first-order valence-corrected chi connectivity index (χ1v) is 7.06. The third-order valence-corrected chi connectivity index (χ3v) is 4.88. The Balaban J connectivity index is 1.96. The van der Waals surface area contributed by atoms with Gasteiger partial charge in [0.1, 0.15) is 0 Å². The molecule has 2 nitrogen and oxygen atoms in total. The van der Waals surface area contributed by atoms with Crippen molar-refractivity contribution >= 4 is 5.97 Å². The molecule has 0 bridgehead atoms. The van der Waals surface area contributed by atoms with E-state index in [1.165, 1.54) is 24.8 Å². The van der Waals surface area contributed by atoms with Gasteiger partial charge in [0.15, 0.2) is 0 Å². The summed E-state index contributed by atoms with van der Waals surface area (Å²) in [6.07, 6.45) is 7.54.